The number of fused-ring (bicyclic) bond motifs is 6. The van der Waals surface area contributed by atoms with Gasteiger partial charge in [0.1, 0.15) is 0 Å². The molecule has 2 aliphatic rings. The van der Waals surface area contributed by atoms with Crippen LogP contribution in [0.25, 0.3) is 43.8 Å². The van der Waals surface area contributed by atoms with Crippen LogP contribution in [0.3, 0.4) is 0 Å². The monoisotopic (exact) mass is 720 g/mol. The molecule has 0 fully saturated rings. The first kappa shape index (κ1) is 32.2. The summed E-state index contributed by atoms with van der Waals surface area (Å²) in [5, 5.41) is 4.75. The molecular formula is C52H36N2O2. The Morgan fingerprint density at radius 1 is 0.321 bits per heavy atom. The van der Waals surface area contributed by atoms with Gasteiger partial charge in [-0.25, -0.2) is 0 Å². The predicted octanol–water partition coefficient (Wildman–Crippen LogP) is 15.1. The summed E-state index contributed by atoms with van der Waals surface area (Å²) in [7, 11) is 0. The molecule has 9 aromatic rings. The van der Waals surface area contributed by atoms with Gasteiger partial charge in [-0.05, 0) is 130 Å². The summed E-state index contributed by atoms with van der Waals surface area (Å²) in [6, 6.07) is 65.0. The van der Waals surface area contributed by atoms with Gasteiger partial charge in [0.2, 0.25) is 0 Å². The molecule has 2 aliphatic heterocycles. The topological polar surface area (TPSA) is 24.9 Å². The summed E-state index contributed by atoms with van der Waals surface area (Å²) in [6.45, 7) is 4.30. The second kappa shape index (κ2) is 12.6. The van der Waals surface area contributed by atoms with E-state index < -0.39 is 0 Å². The zero-order valence-electron chi connectivity index (χ0n) is 31.0. The lowest BCUT2D eigenvalue weighted by Crippen LogP contribution is -2.15. The second-order valence-electron chi connectivity index (χ2n) is 14.7. The van der Waals surface area contributed by atoms with Gasteiger partial charge in [-0.2, -0.15) is 0 Å². The van der Waals surface area contributed by atoms with Crippen LogP contribution in [0.2, 0.25) is 0 Å². The maximum atomic E-state index is 6.42. The van der Waals surface area contributed by atoms with Gasteiger partial charge in [-0.3, -0.25) is 0 Å². The molecule has 56 heavy (non-hydrogen) atoms. The highest BCUT2D eigenvalue weighted by atomic mass is 16.5. The molecule has 9 aromatic carbocycles. The number of nitrogens with zero attached hydrogens (tertiary/aromatic N) is 2. The van der Waals surface area contributed by atoms with Gasteiger partial charge in [0.25, 0.3) is 0 Å². The van der Waals surface area contributed by atoms with Crippen molar-refractivity contribution >= 4 is 55.7 Å². The third-order valence-electron chi connectivity index (χ3n) is 11.1. The Hall–Kier alpha value is -7.30. The van der Waals surface area contributed by atoms with Crippen molar-refractivity contribution in [3.63, 3.8) is 0 Å². The van der Waals surface area contributed by atoms with Gasteiger partial charge in [0.15, 0.2) is 23.0 Å². The normalized spacial score (nSPS) is 12.7. The molecular weight excluding hydrogens is 685 g/mol. The highest BCUT2D eigenvalue weighted by Crippen LogP contribution is 2.54. The van der Waals surface area contributed by atoms with Crippen LogP contribution < -0.4 is 19.3 Å². The third kappa shape index (κ3) is 5.07. The van der Waals surface area contributed by atoms with E-state index in [1.807, 2.05) is 48.5 Å². The van der Waals surface area contributed by atoms with E-state index in [9.17, 15) is 0 Å². The Bertz CT molecular complexity index is 2710. The third-order valence-corrected chi connectivity index (χ3v) is 11.1. The standard InChI is InChI=1S/C52H36N2O2/c1-33-19-23-35(24-20-33)51-39-29-27-38(54-45-13-5-9-17-49(45)56-50-18-10-6-14-46(50)54)32-42(39)52(36-25-21-34(2)22-26-36)40-30-28-37(31-41(40)51)53-43-11-3-7-15-47(43)55-48-16-8-4-12-44(48)53/h3-32H,1-2H3. The number of aryl methyl sites for hydroxylation is 2. The van der Waals surface area contributed by atoms with Crippen molar-refractivity contribution in [3.05, 3.63) is 193 Å². The fraction of sp³-hybridized carbons (Fsp3) is 0.0385. The zero-order valence-corrected chi connectivity index (χ0v) is 31.0. The Morgan fingerprint density at radius 3 is 0.982 bits per heavy atom. The molecule has 0 unspecified atom stereocenters. The lowest BCUT2D eigenvalue weighted by molar-refractivity contribution is 0.477. The summed E-state index contributed by atoms with van der Waals surface area (Å²) >= 11 is 0. The minimum absolute atomic E-state index is 0.836. The molecule has 0 atom stereocenters. The molecule has 0 saturated heterocycles. The smallest absolute Gasteiger partial charge is 0.151 e. The van der Waals surface area contributed by atoms with Gasteiger partial charge in [-0.15, -0.1) is 0 Å². The number of anilines is 6. The molecule has 0 aliphatic carbocycles. The molecule has 0 aromatic heterocycles. The average Bonchev–Trinajstić information content (AvgIpc) is 3.24. The molecule has 2 heterocycles. The zero-order chi connectivity index (χ0) is 37.3. The summed E-state index contributed by atoms with van der Waals surface area (Å²) < 4.78 is 12.8. The minimum Gasteiger partial charge on any atom is -0.453 e. The largest absolute Gasteiger partial charge is 0.453 e. The van der Waals surface area contributed by atoms with E-state index in [-0.39, 0.29) is 0 Å². The quantitative estimate of drug-likeness (QED) is 0.169. The Kier molecular flexibility index (Phi) is 7.26. The van der Waals surface area contributed by atoms with E-state index in [2.05, 4.69) is 157 Å². The molecule has 0 bridgehead atoms. The van der Waals surface area contributed by atoms with E-state index in [0.717, 1.165) is 57.1 Å². The van der Waals surface area contributed by atoms with Gasteiger partial charge < -0.3 is 19.3 Å². The molecule has 0 saturated carbocycles. The maximum absolute atomic E-state index is 6.42. The van der Waals surface area contributed by atoms with E-state index in [0.29, 0.717) is 0 Å². The number of rotatable bonds is 4. The van der Waals surface area contributed by atoms with Crippen molar-refractivity contribution in [2.75, 3.05) is 9.80 Å². The molecule has 0 amide bonds. The van der Waals surface area contributed by atoms with Crippen LogP contribution in [0.1, 0.15) is 11.1 Å². The molecule has 0 spiro atoms. The Morgan fingerprint density at radius 2 is 0.643 bits per heavy atom. The van der Waals surface area contributed by atoms with Crippen LogP contribution in [0, 0.1) is 13.8 Å². The Labute approximate surface area is 326 Å². The van der Waals surface area contributed by atoms with E-state index >= 15 is 0 Å². The van der Waals surface area contributed by atoms with E-state index in [1.165, 1.54) is 54.9 Å². The molecule has 266 valence electrons. The molecule has 4 heteroatoms. The van der Waals surface area contributed by atoms with E-state index in [1.54, 1.807) is 0 Å². The average molecular weight is 721 g/mol. The highest BCUT2D eigenvalue weighted by molar-refractivity contribution is 6.22. The van der Waals surface area contributed by atoms with Crippen LogP contribution in [-0.4, -0.2) is 0 Å². The van der Waals surface area contributed by atoms with Crippen LogP contribution in [0.5, 0.6) is 23.0 Å². The van der Waals surface area contributed by atoms with Crippen molar-refractivity contribution in [2.24, 2.45) is 0 Å². The second-order valence-corrected chi connectivity index (χ2v) is 14.7. The van der Waals surface area contributed by atoms with Crippen LogP contribution in [-0.2, 0) is 0 Å². The molecule has 4 nitrogen and oxygen atoms in total. The van der Waals surface area contributed by atoms with Crippen molar-refractivity contribution in [1.82, 2.24) is 0 Å². The minimum atomic E-state index is 0.836. The predicted molar refractivity (Wildman–Crippen MR) is 231 cm³/mol. The van der Waals surface area contributed by atoms with Crippen LogP contribution in [0.15, 0.2) is 182 Å². The van der Waals surface area contributed by atoms with Crippen molar-refractivity contribution < 1.29 is 9.47 Å². The number of para-hydroxylation sites is 8. The Balaban J connectivity index is 1.23. The maximum Gasteiger partial charge on any atom is 0.151 e. The summed E-state index contributed by atoms with van der Waals surface area (Å²) in [5.41, 5.74) is 13.4. The number of hydrogen-bond donors (Lipinski definition) is 0. The van der Waals surface area contributed by atoms with Crippen LogP contribution >= 0.6 is 0 Å². The lowest BCUT2D eigenvalue weighted by atomic mass is 9.85. The van der Waals surface area contributed by atoms with Gasteiger partial charge in [-0.1, -0.05) is 120 Å². The fourth-order valence-corrected chi connectivity index (χ4v) is 8.51. The molecule has 0 radical (unpaired) electrons. The lowest BCUT2D eigenvalue weighted by Gasteiger charge is -2.33. The molecule has 0 N–H and O–H groups in total. The van der Waals surface area contributed by atoms with Gasteiger partial charge in [0, 0.05) is 11.4 Å². The first-order valence-corrected chi connectivity index (χ1v) is 19.1. The SMILES string of the molecule is Cc1ccc(-c2c3ccc(N4c5ccccc5Oc5ccccc54)cc3c(-c3ccc(C)cc3)c3ccc(N4c5ccccc5Oc5ccccc54)cc23)cc1. The van der Waals surface area contributed by atoms with E-state index in [4.69, 9.17) is 9.47 Å². The summed E-state index contributed by atoms with van der Waals surface area (Å²) in [6.07, 6.45) is 0. The van der Waals surface area contributed by atoms with Gasteiger partial charge >= 0.3 is 0 Å². The molecule has 11 rings (SSSR count). The number of benzene rings is 9. The van der Waals surface area contributed by atoms with Crippen molar-refractivity contribution in [1.29, 1.82) is 0 Å². The van der Waals surface area contributed by atoms with Crippen LogP contribution in [0.4, 0.5) is 34.1 Å². The summed E-state index contributed by atoms with van der Waals surface area (Å²) in [4.78, 5) is 4.66. The van der Waals surface area contributed by atoms with Gasteiger partial charge in [0.05, 0.1) is 22.7 Å². The fourth-order valence-electron chi connectivity index (χ4n) is 8.51. The van der Waals surface area contributed by atoms with Crippen molar-refractivity contribution in [3.8, 4) is 45.3 Å². The highest BCUT2D eigenvalue weighted by Gasteiger charge is 2.29. The first-order valence-electron chi connectivity index (χ1n) is 19.1. The summed E-state index contributed by atoms with van der Waals surface area (Å²) in [5.74, 6) is 3.34. The number of ether oxygens (including phenoxy) is 2. The number of hydrogen-bond acceptors (Lipinski definition) is 4. The first-order chi connectivity index (χ1) is 27.6. The van der Waals surface area contributed by atoms with Crippen molar-refractivity contribution in [2.45, 2.75) is 13.8 Å².